The Hall–Kier alpha value is -1.03. The number of hydrogen-bond donors (Lipinski definition) is 6. The molecule has 1 unspecified atom stereocenters. The Balaban J connectivity index is 1.75. The standard InChI is InChI=1S/C21H20I3NO10/c22-9-6-8(33-17-10(23)3-7(4-11(17)24)5-12(25)19(29)30)1-2-13(9)34-21-16(28)14(26)15(27)18(35-21)20(31)32/h1-4,6,12,14-16,18,21,26-28H,5,25H2,(H,29,30)(H,31,32)/t12-,14-,15-,16+,18-,21?/m0/s1. The van der Waals surface area contributed by atoms with Gasteiger partial charge in [-0.05, 0) is 110 Å². The maximum Gasteiger partial charge on any atom is 0.335 e. The molecule has 0 spiro atoms. The van der Waals surface area contributed by atoms with Crippen LogP contribution in [0.2, 0.25) is 0 Å². The van der Waals surface area contributed by atoms with Crippen LogP contribution in [0.3, 0.4) is 0 Å². The molecule has 1 heterocycles. The van der Waals surface area contributed by atoms with Crippen molar-refractivity contribution in [3.05, 3.63) is 46.6 Å². The van der Waals surface area contributed by atoms with Gasteiger partial charge in [0.2, 0.25) is 6.29 Å². The van der Waals surface area contributed by atoms with Crippen molar-refractivity contribution >= 4 is 79.7 Å². The first-order valence-corrected chi connectivity index (χ1v) is 13.2. The monoisotopic (exact) mass is 827 g/mol. The summed E-state index contributed by atoms with van der Waals surface area (Å²) in [5.74, 6) is -1.33. The number of rotatable bonds is 8. The number of hydrogen-bond acceptors (Lipinski definition) is 9. The molecule has 6 atom stereocenters. The van der Waals surface area contributed by atoms with Crippen molar-refractivity contribution in [2.45, 2.75) is 43.2 Å². The van der Waals surface area contributed by atoms with Crippen LogP contribution in [0.1, 0.15) is 5.56 Å². The van der Waals surface area contributed by atoms with E-state index < -0.39 is 48.7 Å². The maximum atomic E-state index is 11.3. The molecular formula is C21H20I3NO10. The van der Waals surface area contributed by atoms with Crippen molar-refractivity contribution < 1.29 is 49.3 Å². The predicted octanol–water partition coefficient (Wildman–Crippen LogP) is 1.52. The third-order valence-corrected chi connectivity index (χ3v) is 7.46. The van der Waals surface area contributed by atoms with Gasteiger partial charge < -0.3 is 45.5 Å². The van der Waals surface area contributed by atoms with Crippen LogP contribution >= 0.6 is 67.8 Å². The van der Waals surface area contributed by atoms with Crippen LogP contribution in [0, 0.1) is 10.7 Å². The van der Waals surface area contributed by atoms with Crippen molar-refractivity contribution in [2.24, 2.45) is 5.73 Å². The molecule has 35 heavy (non-hydrogen) atoms. The Morgan fingerprint density at radius 2 is 1.60 bits per heavy atom. The highest BCUT2D eigenvalue weighted by Gasteiger charge is 2.48. The molecule has 7 N–H and O–H groups in total. The summed E-state index contributed by atoms with van der Waals surface area (Å²) < 4.78 is 18.8. The first-order valence-electron chi connectivity index (χ1n) is 9.92. The first kappa shape index (κ1) is 28.5. The molecule has 14 heteroatoms. The summed E-state index contributed by atoms with van der Waals surface area (Å²) in [6.07, 6.45) is -8.38. The molecule has 0 radical (unpaired) electrons. The zero-order chi connectivity index (χ0) is 26.0. The zero-order valence-electron chi connectivity index (χ0n) is 17.5. The van der Waals surface area contributed by atoms with Gasteiger partial charge in [-0.2, -0.15) is 0 Å². The molecule has 190 valence electrons. The Labute approximate surface area is 240 Å². The third kappa shape index (κ3) is 6.84. The Morgan fingerprint density at radius 1 is 0.971 bits per heavy atom. The Kier molecular flexibility index (Phi) is 9.79. The molecule has 1 aliphatic rings. The summed E-state index contributed by atoms with van der Waals surface area (Å²) in [7, 11) is 0. The van der Waals surface area contributed by atoms with Gasteiger partial charge >= 0.3 is 11.9 Å². The summed E-state index contributed by atoms with van der Waals surface area (Å²) in [6, 6.07) is 7.34. The van der Waals surface area contributed by atoms with E-state index in [9.17, 15) is 30.0 Å². The highest BCUT2D eigenvalue weighted by atomic mass is 127. The molecular weight excluding hydrogens is 807 g/mol. The highest BCUT2D eigenvalue weighted by Crippen LogP contribution is 2.36. The second-order valence-electron chi connectivity index (χ2n) is 7.58. The van der Waals surface area contributed by atoms with E-state index in [0.717, 1.165) is 12.7 Å². The fraction of sp³-hybridized carbons (Fsp3) is 0.333. The fourth-order valence-electron chi connectivity index (χ4n) is 3.20. The largest absolute Gasteiger partial charge is 0.480 e. The number of aliphatic carboxylic acids is 2. The molecule has 11 nitrogen and oxygen atoms in total. The highest BCUT2D eigenvalue weighted by molar-refractivity contribution is 14.1. The summed E-state index contributed by atoms with van der Waals surface area (Å²) in [5, 5.41) is 48.1. The van der Waals surface area contributed by atoms with Crippen LogP contribution in [0.25, 0.3) is 0 Å². The summed E-state index contributed by atoms with van der Waals surface area (Å²) in [6.45, 7) is 0. The minimum atomic E-state index is -1.81. The first-order chi connectivity index (χ1) is 16.4. The molecule has 3 rings (SSSR count). The number of carboxylic acid groups (broad SMARTS) is 2. The number of aliphatic hydroxyl groups is 3. The minimum absolute atomic E-state index is 0.176. The lowest BCUT2D eigenvalue weighted by Crippen LogP contribution is -2.61. The molecule has 1 aliphatic heterocycles. The van der Waals surface area contributed by atoms with Crippen LogP contribution in [-0.2, 0) is 20.7 Å². The summed E-state index contributed by atoms with van der Waals surface area (Å²) in [4.78, 5) is 22.3. The van der Waals surface area contributed by atoms with E-state index in [1.54, 1.807) is 24.3 Å². The number of carboxylic acids is 2. The number of carbonyl (C=O) groups is 2. The second-order valence-corrected chi connectivity index (χ2v) is 11.1. The van der Waals surface area contributed by atoms with E-state index >= 15 is 0 Å². The topological polar surface area (TPSA) is 189 Å². The average Bonchev–Trinajstić information content (AvgIpc) is 2.77. The smallest absolute Gasteiger partial charge is 0.335 e. The third-order valence-electron chi connectivity index (χ3n) is 5.01. The lowest BCUT2D eigenvalue weighted by atomic mass is 9.99. The normalized spacial score (nSPS) is 25.1. The van der Waals surface area contributed by atoms with Crippen LogP contribution in [0.4, 0.5) is 0 Å². The van der Waals surface area contributed by atoms with Gasteiger partial charge in [-0.3, -0.25) is 4.79 Å². The number of ether oxygens (including phenoxy) is 3. The molecule has 1 saturated heterocycles. The van der Waals surface area contributed by atoms with Crippen LogP contribution < -0.4 is 15.2 Å². The van der Waals surface area contributed by atoms with E-state index in [0.29, 0.717) is 15.1 Å². The molecule has 1 fully saturated rings. The number of benzene rings is 2. The van der Waals surface area contributed by atoms with Crippen LogP contribution in [0.15, 0.2) is 30.3 Å². The summed E-state index contributed by atoms with van der Waals surface area (Å²) >= 11 is 6.13. The summed E-state index contributed by atoms with van der Waals surface area (Å²) in [5.41, 5.74) is 6.39. The van der Waals surface area contributed by atoms with Crippen LogP contribution in [0.5, 0.6) is 17.2 Å². The maximum absolute atomic E-state index is 11.3. The fourth-order valence-corrected chi connectivity index (χ4v) is 5.93. The molecule has 0 amide bonds. The number of aliphatic hydroxyl groups excluding tert-OH is 3. The van der Waals surface area contributed by atoms with Gasteiger partial charge in [0.1, 0.15) is 35.9 Å². The molecule has 0 aliphatic carbocycles. The van der Waals surface area contributed by atoms with Gasteiger partial charge in [0.15, 0.2) is 11.9 Å². The van der Waals surface area contributed by atoms with Gasteiger partial charge in [0, 0.05) is 0 Å². The van der Waals surface area contributed by atoms with Gasteiger partial charge in [-0.15, -0.1) is 0 Å². The van der Waals surface area contributed by atoms with Crippen molar-refractivity contribution in [2.75, 3.05) is 0 Å². The predicted molar refractivity (Wildman–Crippen MR) is 145 cm³/mol. The van der Waals surface area contributed by atoms with Crippen molar-refractivity contribution in [1.29, 1.82) is 0 Å². The molecule has 2 aromatic carbocycles. The lowest BCUT2D eigenvalue weighted by molar-refractivity contribution is -0.271. The lowest BCUT2D eigenvalue weighted by Gasteiger charge is -2.38. The van der Waals surface area contributed by atoms with Crippen molar-refractivity contribution in [3.63, 3.8) is 0 Å². The van der Waals surface area contributed by atoms with E-state index in [2.05, 4.69) is 45.2 Å². The van der Waals surface area contributed by atoms with E-state index in [1.165, 1.54) is 6.07 Å². The number of nitrogens with two attached hydrogens (primary N) is 1. The zero-order valence-corrected chi connectivity index (χ0v) is 24.0. The van der Waals surface area contributed by atoms with Gasteiger partial charge in [-0.1, -0.05) is 0 Å². The van der Waals surface area contributed by atoms with E-state index in [1.807, 2.05) is 22.6 Å². The molecule has 0 aromatic heterocycles. The van der Waals surface area contributed by atoms with Gasteiger partial charge in [0.05, 0.1) is 10.7 Å². The molecule has 0 saturated carbocycles. The van der Waals surface area contributed by atoms with Crippen molar-refractivity contribution in [3.8, 4) is 17.2 Å². The van der Waals surface area contributed by atoms with E-state index in [4.69, 9.17) is 25.1 Å². The Bertz CT molecular complexity index is 1090. The van der Waals surface area contributed by atoms with E-state index in [-0.39, 0.29) is 12.2 Å². The van der Waals surface area contributed by atoms with Crippen molar-refractivity contribution in [1.82, 2.24) is 0 Å². The second kappa shape index (κ2) is 12.0. The van der Waals surface area contributed by atoms with Crippen LogP contribution in [-0.4, -0.2) is 74.2 Å². The minimum Gasteiger partial charge on any atom is -0.480 e. The number of halogens is 3. The van der Waals surface area contributed by atoms with Gasteiger partial charge in [0.25, 0.3) is 0 Å². The molecule has 2 aromatic rings. The Morgan fingerprint density at radius 3 is 2.14 bits per heavy atom. The average molecular weight is 827 g/mol. The molecule has 0 bridgehead atoms. The quantitative estimate of drug-likeness (QED) is 0.212. The SMILES string of the molecule is N[C@@H](Cc1cc(I)c(Oc2ccc(OC3O[C@H](C(=O)O)[C@@H](O)[C@H](O)[C@H]3O)c(I)c2)c(I)c1)C(=O)O. The van der Waals surface area contributed by atoms with Gasteiger partial charge in [-0.25, -0.2) is 4.79 Å².